The smallest absolute Gasteiger partial charge is 0.335 e. The minimum absolute atomic E-state index is 0.0370. The van der Waals surface area contributed by atoms with Crippen LogP contribution in [0.1, 0.15) is 25.8 Å². The quantitative estimate of drug-likeness (QED) is 0.782. The van der Waals surface area contributed by atoms with E-state index in [9.17, 15) is 13.2 Å². The molecular weight excluding hydrogens is 353 g/mol. The molecular formula is C13H14BrF3N2S. The summed E-state index contributed by atoms with van der Waals surface area (Å²) in [7, 11) is 0. The molecule has 1 aliphatic rings. The third-order valence-electron chi connectivity index (χ3n) is 3.18. The number of amidine groups is 1. The predicted molar refractivity (Wildman–Crippen MR) is 81.4 cm³/mol. The molecule has 7 heteroatoms. The van der Waals surface area contributed by atoms with E-state index in [1.807, 2.05) is 13.8 Å². The monoisotopic (exact) mass is 366 g/mol. The summed E-state index contributed by atoms with van der Waals surface area (Å²) in [5.74, 6) is 0.842. The molecule has 0 bridgehead atoms. The molecule has 1 aromatic carbocycles. The predicted octanol–water partition coefficient (Wildman–Crippen LogP) is 5.15. The van der Waals surface area contributed by atoms with Crippen LogP contribution in [0, 0.1) is 0 Å². The van der Waals surface area contributed by atoms with Gasteiger partial charge in [0.2, 0.25) is 0 Å². The van der Waals surface area contributed by atoms with Crippen molar-refractivity contribution in [1.29, 1.82) is 0 Å². The molecule has 0 radical (unpaired) electrons. The molecule has 2 rings (SSSR count). The molecule has 0 spiro atoms. The summed E-state index contributed by atoms with van der Waals surface area (Å²) < 4.78 is 38.5. The van der Waals surface area contributed by atoms with Gasteiger partial charge < -0.3 is 5.32 Å². The van der Waals surface area contributed by atoms with E-state index < -0.39 is 11.7 Å². The number of aliphatic imine (C=N–C) groups is 1. The first-order chi connectivity index (χ1) is 9.23. The number of halogens is 4. The van der Waals surface area contributed by atoms with Gasteiger partial charge in [0.1, 0.15) is 0 Å². The van der Waals surface area contributed by atoms with E-state index >= 15 is 0 Å². The number of thioether (sulfide) groups is 1. The number of anilines is 1. The van der Waals surface area contributed by atoms with Crippen LogP contribution in [0.25, 0.3) is 0 Å². The summed E-state index contributed by atoms with van der Waals surface area (Å²) in [4.78, 5) is 4.52. The van der Waals surface area contributed by atoms with Crippen molar-refractivity contribution in [3.05, 3.63) is 28.2 Å². The zero-order chi connectivity index (χ0) is 15.0. The van der Waals surface area contributed by atoms with E-state index in [2.05, 4.69) is 26.2 Å². The molecule has 0 fully saturated rings. The summed E-state index contributed by atoms with van der Waals surface area (Å²) in [6.07, 6.45) is -3.47. The summed E-state index contributed by atoms with van der Waals surface area (Å²) in [6.45, 7) is 4.09. The van der Waals surface area contributed by atoms with E-state index in [-0.39, 0.29) is 10.0 Å². The molecule has 1 atom stereocenters. The standard InChI is InChI=1S/C13H14BrF3N2S/c1-3-12(2)7-20-11(19-12)18-8-4-5-10(14)9(6-8)13(15,16)17/h4-6H,3,7H2,1-2H3,(H,18,19). The average Bonchev–Trinajstić information content (AvgIpc) is 2.73. The SMILES string of the molecule is CCC1(C)CSC(Nc2ccc(Br)c(C(F)(F)F)c2)=N1. The molecule has 0 aromatic heterocycles. The number of rotatable bonds is 2. The Hall–Kier alpha value is -0.690. The highest BCUT2D eigenvalue weighted by Crippen LogP contribution is 2.37. The lowest BCUT2D eigenvalue weighted by atomic mass is 10.0. The van der Waals surface area contributed by atoms with Crippen molar-refractivity contribution >= 4 is 38.5 Å². The third-order valence-corrected chi connectivity index (χ3v) is 5.10. The second-order valence-corrected chi connectivity index (χ2v) is 6.69. The van der Waals surface area contributed by atoms with Crippen molar-refractivity contribution in [2.24, 2.45) is 4.99 Å². The van der Waals surface area contributed by atoms with Crippen LogP contribution in [-0.2, 0) is 6.18 Å². The molecule has 0 saturated heterocycles. The first-order valence-electron chi connectivity index (χ1n) is 6.10. The first-order valence-corrected chi connectivity index (χ1v) is 7.88. The zero-order valence-corrected chi connectivity index (χ0v) is 13.4. The molecule has 2 nitrogen and oxygen atoms in total. The Bertz CT molecular complexity index is 545. The van der Waals surface area contributed by atoms with E-state index in [1.165, 1.54) is 17.8 Å². The van der Waals surface area contributed by atoms with Crippen molar-refractivity contribution < 1.29 is 13.2 Å². The lowest BCUT2D eigenvalue weighted by Crippen LogP contribution is -2.20. The largest absolute Gasteiger partial charge is 0.417 e. The number of alkyl halides is 3. The maximum Gasteiger partial charge on any atom is 0.417 e. The van der Waals surface area contributed by atoms with E-state index in [1.54, 1.807) is 6.07 Å². The van der Waals surface area contributed by atoms with Crippen LogP contribution < -0.4 is 5.32 Å². The summed E-state index contributed by atoms with van der Waals surface area (Å²) >= 11 is 4.46. The minimum atomic E-state index is -4.38. The van der Waals surface area contributed by atoms with Gasteiger partial charge in [-0.05, 0) is 31.5 Å². The van der Waals surface area contributed by atoms with Gasteiger partial charge >= 0.3 is 6.18 Å². The number of hydrogen-bond donors (Lipinski definition) is 1. The van der Waals surface area contributed by atoms with E-state index in [0.29, 0.717) is 10.9 Å². The highest BCUT2D eigenvalue weighted by molar-refractivity contribution is 9.10. The highest BCUT2D eigenvalue weighted by atomic mass is 79.9. The van der Waals surface area contributed by atoms with Crippen LogP contribution in [0.5, 0.6) is 0 Å². The van der Waals surface area contributed by atoms with Gasteiger partial charge in [0, 0.05) is 15.9 Å². The minimum Gasteiger partial charge on any atom is -0.335 e. The highest BCUT2D eigenvalue weighted by Gasteiger charge is 2.33. The van der Waals surface area contributed by atoms with Crippen LogP contribution in [0.4, 0.5) is 18.9 Å². The average molecular weight is 367 g/mol. The van der Waals surface area contributed by atoms with Crippen LogP contribution in [-0.4, -0.2) is 16.5 Å². The molecule has 110 valence electrons. The molecule has 20 heavy (non-hydrogen) atoms. The Balaban J connectivity index is 2.22. The molecule has 1 unspecified atom stereocenters. The number of hydrogen-bond acceptors (Lipinski definition) is 3. The van der Waals surface area contributed by atoms with E-state index in [0.717, 1.165) is 18.2 Å². The van der Waals surface area contributed by atoms with Crippen molar-refractivity contribution in [3.63, 3.8) is 0 Å². The van der Waals surface area contributed by atoms with E-state index in [4.69, 9.17) is 0 Å². The fraction of sp³-hybridized carbons (Fsp3) is 0.462. The zero-order valence-electron chi connectivity index (χ0n) is 11.0. The van der Waals surface area contributed by atoms with Crippen LogP contribution in [0.3, 0.4) is 0 Å². The first kappa shape index (κ1) is 15.7. The van der Waals surface area contributed by atoms with Crippen molar-refractivity contribution in [2.75, 3.05) is 11.1 Å². The van der Waals surface area contributed by atoms with Gasteiger partial charge in [-0.25, -0.2) is 0 Å². The summed E-state index contributed by atoms with van der Waals surface area (Å²) in [5.41, 5.74) is -0.425. The van der Waals surface area contributed by atoms with Crippen LogP contribution in [0.15, 0.2) is 27.7 Å². The van der Waals surface area contributed by atoms with Gasteiger partial charge in [-0.2, -0.15) is 13.2 Å². The second-order valence-electron chi connectivity index (χ2n) is 4.87. The molecule has 1 heterocycles. The third kappa shape index (κ3) is 3.49. The van der Waals surface area contributed by atoms with Gasteiger partial charge in [0.25, 0.3) is 0 Å². The second kappa shape index (κ2) is 5.60. The summed E-state index contributed by atoms with van der Waals surface area (Å²) in [6, 6.07) is 4.09. The Morgan fingerprint density at radius 2 is 2.15 bits per heavy atom. The lowest BCUT2D eigenvalue weighted by molar-refractivity contribution is -0.138. The Morgan fingerprint density at radius 3 is 2.70 bits per heavy atom. The Labute approximate surface area is 128 Å². The lowest BCUT2D eigenvalue weighted by Gasteiger charge is -2.15. The van der Waals surface area contributed by atoms with Gasteiger partial charge in [-0.3, -0.25) is 4.99 Å². The van der Waals surface area contributed by atoms with Gasteiger partial charge in [-0.1, -0.05) is 34.6 Å². The molecule has 1 N–H and O–H groups in total. The number of nitrogens with zero attached hydrogens (tertiary/aromatic N) is 1. The van der Waals surface area contributed by atoms with Crippen molar-refractivity contribution in [2.45, 2.75) is 32.0 Å². The molecule has 0 aliphatic carbocycles. The van der Waals surface area contributed by atoms with Gasteiger partial charge in [0.15, 0.2) is 5.17 Å². The number of benzene rings is 1. The molecule has 0 amide bonds. The van der Waals surface area contributed by atoms with Crippen LogP contribution >= 0.6 is 27.7 Å². The fourth-order valence-electron chi connectivity index (χ4n) is 1.72. The summed E-state index contributed by atoms with van der Waals surface area (Å²) in [5, 5.41) is 3.63. The number of nitrogens with one attached hydrogen (secondary N) is 1. The van der Waals surface area contributed by atoms with Crippen LogP contribution in [0.2, 0.25) is 0 Å². The molecule has 1 aliphatic heterocycles. The topological polar surface area (TPSA) is 24.4 Å². The molecule has 0 saturated carbocycles. The Kier molecular flexibility index (Phi) is 4.39. The van der Waals surface area contributed by atoms with Crippen molar-refractivity contribution in [1.82, 2.24) is 0 Å². The fourth-order valence-corrected chi connectivity index (χ4v) is 3.39. The van der Waals surface area contributed by atoms with Gasteiger partial charge in [-0.15, -0.1) is 0 Å². The van der Waals surface area contributed by atoms with Gasteiger partial charge in [0.05, 0.1) is 11.1 Å². The molecule has 1 aromatic rings. The Morgan fingerprint density at radius 1 is 1.45 bits per heavy atom. The van der Waals surface area contributed by atoms with Crippen molar-refractivity contribution in [3.8, 4) is 0 Å². The maximum atomic E-state index is 12.8. The maximum absolute atomic E-state index is 12.8. The normalized spacial score (nSPS) is 22.8.